The lowest BCUT2D eigenvalue weighted by Crippen LogP contribution is -2.31. The van der Waals surface area contributed by atoms with E-state index < -0.39 is 35.7 Å². The van der Waals surface area contributed by atoms with Crippen LogP contribution in [0.5, 0.6) is 0 Å². The Morgan fingerprint density at radius 1 is 0.913 bits per heavy atom. The SMILES string of the molecule is O=C1c2ccccc2C(=O)N1c1cccc(C(F)(F)F)c1CO. The van der Waals surface area contributed by atoms with Gasteiger partial charge in [-0.25, -0.2) is 4.90 Å². The number of anilines is 1. The van der Waals surface area contributed by atoms with Gasteiger partial charge >= 0.3 is 6.18 Å². The van der Waals surface area contributed by atoms with Crippen molar-refractivity contribution in [2.45, 2.75) is 12.8 Å². The van der Waals surface area contributed by atoms with Gasteiger partial charge in [-0.3, -0.25) is 9.59 Å². The summed E-state index contributed by atoms with van der Waals surface area (Å²) < 4.78 is 39.2. The van der Waals surface area contributed by atoms with Crippen LogP contribution in [0, 0.1) is 0 Å². The Kier molecular flexibility index (Phi) is 3.45. The van der Waals surface area contributed by atoms with E-state index in [1.165, 1.54) is 18.2 Å². The number of alkyl halides is 3. The minimum Gasteiger partial charge on any atom is -0.392 e. The highest BCUT2D eigenvalue weighted by atomic mass is 19.4. The lowest BCUT2D eigenvalue weighted by molar-refractivity contribution is -0.138. The van der Waals surface area contributed by atoms with E-state index >= 15 is 0 Å². The highest BCUT2D eigenvalue weighted by Gasteiger charge is 2.40. The number of hydrogen-bond acceptors (Lipinski definition) is 3. The zero-order chi connectivity index (χ0) is 16.8. The van der Waals surface area contributed by atoms with E-state index in [2.05, 4.69) is 0 Å². The molecule has 118 valence electrons. The van der Waals surface area contributed by atoms with E-state index in [0.29, 0.717) is 4.90 Å². The molecule has 0 saturated carbocycles. The number of imide groups is 1. The van der Waals surface area contributed by atoms with Gasteiger partial charge in [-0.2, -0.15) is 13.2 Å². The molecule has 0 aromatic heterocycles. The zero-order valence-electron chi connectivity index (χ0n) is 11.6. The van der Waals surface area contributed by atoms with Crippen molar-refractivity contribution in [3.8, 4) is 0 Å². The molecule has 1 aliphatic heterocycles. The molecule has 23 heavy (non-hydrogen) atoms. The lowest BCUT2D eigenvalue weighted by atomic mass is 10.0. The number of hydrogen-bond donors (Lipinski definition) is 1. The third-order valence-electron chi connectivity index (χ3n) is 3.65. The smallest absolute Gasteiger partial charge is 0.392 e. The average Bonchev–Trinajstić information content (AvgIpc) is 2.77. The first-order valence-corrected chi connectivity index (χ1v) is 6.64. The number of halogens is 3. The number of nitrogens with zero attached hydrogens (tertiary/aromatic N) is 1. The largest absolute Gasteiger partial charge is 0.416 e. The van der Waals surface area contributed by atoms with Gasteiger partial charge in [0.25, 0.3) is 11.8 Å². The van der Waals surface area contributed by atoms with Crippen LogP contribution in [0.25, 0.3) is 0 Å². The molecule has 0 aliphatic carbocycles. The first-order chi connectivity index (χ1) is 10.9. The fourth-order valence-electron chi connectivity index (χ4n) is 2.62. The van der Waals surface area contributed by atoms with Gasteiger partial charge in [-0.05, 0) is 24.3 Å². The molecule has 2 aromatic rings. The highest BCUT2D eigenvalue weighted by Crippen LogP contribution is 2.38. The summed E-state index contributed by atoms with van der Waals surface area (Å²) >= 11 is 0. The number of aliphatic hydroxyl groups excluding tert-OH is 1. The molecule has 0 unspecified atom stereocenters. The summed E-state index contributed by atoms with van der Waals surface area (Å²) in [6, 6.07) is 9.10. The topological polar surface area (TPSA) is 57.6 Å². The fraction of sp³-hybridized carbons (Fsp3) is 0.125. The van der Waals surface area contributed by atoms with Gasteiger partial charge in [0.1, 0.15) is 0 Å². The number of rotatable bonds is 2. The van der Waals surface area contributed by atoms with Crippen molar-refractivity contribution in [2.75, 3.05) is 4.90 Å². The number of carbonyl (C=O) groups is 2. The number of benzene rings is 2. The Morgan fingerprint density at radius 2 is 1.48 bits per heavy atom. The van der Waals surface area contributed by atoms with E-state index in [4.69, 9.17) is 0 Å². The number of fused-ring (bicyclic) bond motifs is 1. The molecule has 2 aromatic carbocycles. The first kappa shape index (κ1) is 15.2. The molecular weight excluding hydrogens is 311 g/mol. The molecule has 2 amide bonds. The Hall–Kier alpha value is -2.67. The van der Waals surface area contributed by atoms with E-state index in [9.17, 15) is 27.9 Å². The van der Waals surface area contributed by atoms with Crippen LogP contribution in [0.4, 0.5) is 18.9 Å². The standard InChI is InChI=1S/C16H10F3NO3/c17-16(18,19)12-6-3-7-13(11(12)8-21)20-14(22)9-4-1-2-5-10(9)15(20)23/h1-7,21H,8H2. The molecule has 0 saturated heterocycles. The van der Waals surface area contributed by atoms with Gasteiger partial charge in [0.2, 0.25) is 0 Å². The van der Waals surface area contributed by atoms with Gasteiger partial charge < -0.3 is 5.11 Å². The van der Waals surface area contributed by atoms with Gasteiger partial charge in [0.05, 0.1) is 29.0 Å². The van der Waals surface area contributed by atoms with Crippen LogP contribution >= 0.6 is 0 Å². The number of aliphatic hydroxyl groups is 1. The molecular formula is C16H10F3NO3. The fourth-order valence-corrected chi connectivity index (χ4v) is 2.62. The first-order valence-electron chi connectivity index (χ1n) is 6.64. The van der Waals surface area contributed by atoms with Crippen LogP contribution in [-0.4, -0.2) is 16.9 Å². The molecule has 4 nitrogen and oxygen atoms in total. The molecule has 0 bridgehead atoms. The molecule has 3 rings (SSSR count). The maximum atomic E-state index is 13.1. The van der Waals surface area contributed by atoms with Crippen molar-refractivity contribution in [1.82, 2.24) is 0 Å². The van der Waals surface area contributed by atoms with E-state index in [1.54, 1.807) is 12.1 Å². The summed E-state index contributed by atoms with van der Waals surface area (Å²) in [4.78, 5) is 25.4. The van der Waals surface area contributed by atoms with Crippen molar-refractivity contribution >= 4 is 17.5 Å². The van der Waals surface area contributed by atoms with Crippen molar-refractivity contribution < 1.29 is 27.9 Å². The summed E-state index contributed by atoms with van der Waals surface area (Å²) in [5, 5.41) is 9.36. The molecule has 1 heterocycles. The van der Waals surface area contributed by atoms with Crippen LogP contribution in [-0.2, 0) is 12.8 Å². The third-order valence-corrected chi connectivity index (χ3v) is 3.65. The van der Waals surface area contributed by atoms with Crippen LogP contribution in [0.1, 0.15) is 31.8 Å². The Morgan fingerprint density at radius 3 is 1.96 bits per heavy atom. The van der Waals surface area contributed by atoms with Gasteiger partial charge in [0, 0.05) is 5.56 Å². The maximum Gasteiger partial charge on any atom is 0.416 e. The zero-order valence-corrected chi connectivity index (χ0v) is 11.6. The third kappa shape index (κ3) is 2.29. The van der Waals surface area contributed by atoms with E-state index in [0.717, 1.165) is 12.1 Å². The summed E-state index contributed by atoms with van der Waals surface area (Å²) in [5.74, 6) is -1.42. The Balaban J connectivity index is 2.18. The normalized spacial score (nSPS) is 14.3. The summed E-state index contributed by atoms with van der Waals surface area (Å²) in [6.07, 6.45) is -4.70. The van der Waals surface area contributed by atoms with Crippen molar-refractivity contribution in [3.63, 3.8) is 0 Å². The minimum atomic E-state index is -4.70. The quantitative estimate of drug-likeness (QED) is 0.865. The summed E-state index contributed by atoms with van der Waals surface area (Å²) in [7, 11) is 0. The highest BCUT2D eigenvalue weighted by molar-refractivity contribution is 6.34. The molecule has 0 fully saturated rings. The second kappa shape index (κ2) is 5.20. The lowest BCUT2D eigenvalue weighted by Gasteiger charge is -2.20. The second-order valence-electron chi connectivity index (χ2n) is 4.95. The molecule has 7 heteroatoms. The van der Waals surface area contributed by atoms with Gasteiger partial charge in [-0.15, -0.1) is 0 Å². The second-order valence-corrected chi connectivity index (χ2v) is 4.95. The van der Waals surface area contributed by atoms with Gasteiger partial charge in [-0.1, -0.05) is 18.2 Å². The molecule has 0 radical (unpaired) electrons. The van der Waals surface area contributed by atoms with Crippen LogP contribution in [0.2, 0.25) is 0 Å². The van der Waals surface area contributed by atoms with E-state index in [1.807, 2.05) is 0 Å². The van der Waals surface area contributed by atoms with Crippen molar-refractivity contribution in [2.24, 2.45) is 0 Å². The van der Waals surface area contributed by atoms with Crippen LogP contribution < -0.4 is 4.90 Å². The summed E-state index contributed by atoms with van der Waals surface area (Å²) in [5.41, 5.74) is -1.59. The number of amides is 2. The Bertz CT molecular complexity index is 779. The monoisotopic (exact) mass is 321 g/mol. The molecule has 1 aliphatic rings. The molecule has 0 spiro atoms. The number of carbonyl (C=O) groups excluding carboxylic acids is 2. The predicted octanol–water partition coefficient (Wildman–Crippen LogP) is 3.00. The minimum absolute atomic E-state index is 0.124. The average molecular weight is 321 g/mol. The molecule has 0 atom stereocenters. The molecule has 1 N–H and O–H groups in total. The van der Waals surface area contributed by atoms with Crippen molar-refractivity contribution in [1.29, 1.82) is 0 Å². The maximum absolute atomic E-state index is 13.1. The van der Waals surface area contributed by atoms with E-state index in [-0.39, 0.29) is 16.8 Å². The van der Waals surface area contributed by atoms with Crippen LogP contribution in [0.3, 0.4) is 0 Å². The Labute approximate surface area is 128 Å². The van der Waals surface area contributed by atoms with Crippen LogP contribution in [0.15, 0.2) is 42.5 Å². The predicted molar refractivity (Wildman–Crippen MR) is 74.9 cm³/mol. The van der Waals surface area contributed by atoms with Crippen molar-refractivity contribution in [3.05, 3.63) is 64.7 Å². The summed E-state index contributed by atoms with van der Waals surface area (Å²) in [6.45, 7) is -0.946. The van der Waals surface area contributed by atoms with Gasteiger partial charge in [0.15, 0.2) is 0 Å².